The number of carbonyl (C=O) groups is 2. The van der Waals surface area contributed by atoms with Crippen LogP contribution in [0.3, 0.4) is 0 Å². The molecule has 6 heteroatoms. The molecule has 2 heterocycles. The number of hydrogen-bond donors (Lipinski definition) is 1. The van der Waals surface area contributed by atoms with Crippen LogP contribution in [0.25, 0.3) is 6.08 Å². The minimum atomic E-state index is -0.418. The average molecular weight is 419 g/mol. The summed E-state index contributed by atoms with van der Waals surface area (Å²) in [5.41, 5.74) is 2.61. The van der Waals surface area contributed by atoms with Gasteiger partial charge in [0.1, 0.15) is 17.2 Å². The molecule has 2 aliphatic heterocycles. The maximum atomic E-state index is 12.9. The zero-order valence-corrected chi connectivity index (χ0v) is 16.3. The molecule has 0 amide bonds. The highest BCUT2D eigenvalue weighted by molar-refractivity contribution is 6.32. The first kappa shape index (κ1) is 18.5. The van der Waals surface area contributed by atoms with Crippen molar-refractivity contribution in [2.45, 2.75) is 12.3 Å². The Hall–Kier alpha value is -3.57. The van der Waals surface area contributed by atoms with Crippen LogP contribution in [-0.4, -0.2) is 16.9 Å². The molecule has 5 nitrogen and oxygen atoms in total. The Morgan fingerprint density at radius 2 is 1.80 bits per heavy atom. The molecule has 0 unspecified atom stereocenters. The molecule has 0 aromatic heterocycles. The van der Waals surface area contributed by atoms with Crippen molar-refractivity contribution in [1.82, 2.24) is 0 Å². The summed E-state index contributed by atoms with van der Waals surface area (Å²) in [7, 11) is 0. The summed E-state index contributed by atoms with van der Waals surface area (Å²) in [5.74, 6) is -0.120. The van der Waals surface area contributed by atoms with Gasteiger partial charge in [-0.25, -0.2) is 0 Å². The van der Waals surface area contributed by atoms with Gasteiger partial charge in [-0.15, -0.1) is 0 Å². The number of esters is 1. The van der Waals surface area contributed by atoms with Gasteiger partial charge in [0.2, 0.25) is 5.78 Å². The maximum Gasteiger partial charge on any atom is 0.312 e. The Labute approximate surface area is 177 Å². The first-order valence-corrected chi connectivity index (χ1v) is 9.74. The molecule has 0 radical (unpaired) electrons. The van der Waals surface area contributed by atoms with Gasteiger partial charge in [0.25, 0.3) is 0 Å². The lowest BCUT2D eigenvalue weighted by molar-refractivity contribution is -0.135. The van der Waals surface area contributed by atoms with Crippen molar-refractivity contribution in [2.24, 2.45) is 0 Å². The highest BCUT2D eigenvalue weighted by Gasteiger charge is 2.38. The molecule has 0 saturated heterocycles. The predicted molar refractivity (Wildman–Crippen MR) is 111 cm³/mol. The van der Waals surface area contributed by atoms with E-state index in [1.807, 2.05) is 30.3 Å². The zero-order chi connectivity index (χ0) is 20.8. The number of fused-ring (bicyclic) bond motifs is 3. The number of Topliss-reactive ketones (excluding diaryl/α,β-unsaturated/α-hetero) is 1. The molecule has 3 aromatic carbocycles. The lowest BCUT2D eigenvalue weighted by Gasteiger charge is -2.26. The first-order chi connectivity index (χ1) is 14.5. The monoisotopic (exact) mass is 418 g/mol. The lowest BCUT2D eigenvalue weighted by atomic mass is 9.84. The van der Waals surface area contributed by atoms with E-state index in [0.29, 0.717) is 22.6 Å². The standard InChI is InChI=1S/C24H15ClO5/c25-17-11-14(6-8-18(17)26)16-12-21(27)29-19-9-7-15-23(28)20(30-24(15)22(16)19)10-13-4-2-1-3-5-13/h1-11,16,26H,12H2/b20-10-/t16-/m1/s1. The molecule has 1 atom stereocenters. The SMILES string of the molecule is O=C1C[C@H](c2ccc(O)c(Cl)c2)c2c(ccc3c2O/C(=C\c2ccccc2)C3=O)O1. The fraction of sp³-hybridized carbons (Fsp3) is 0.0833. The third-order valence-corrected chi connectivity index (χ3v) is 5.55. The third-order valence-electron chi connectivity index (χ3n) is 5.25. The summed E-state index contributed by atoms with van der Waals surface area (Å²) in [6, 6.07) is 17.4. The van der Waals surface area contributed by atoms with Gasteiger partial charge in [-0.1, -0.05) is 48.0 Å². The smallest absolute Gasteiger partial charge is 0.312 e. The highest BCUT2D eigenvalue weighted by Crippen LogP contribution is 2.49. The molecule has 0 spiro atoms. The molecule has 2 aliphatic rings. The number of allylic oxidation sites excluding steroid dienone is 1. The predicted octanol–water partition coefficient (Wildman–Crippen LogP) is 5.10. The Morgan fingerprint density at radius 3 is 2.57 bits per heavy atom. The summed E-state index contributed by atoms with van der Waals surface area (Å²) in [6.07, 6.45) is 1.76. The van der Waals surface area contributed by atoms with E-state index in [4.69, 9.17) is 21.1 Å². The van der Waals surface area contributed by atoms with Crippen LogP contribution in [0.15, 0.2) is 66.4 Å². The van der Waals surface area contributed by atoms with E-state index >= 15 is 0 Å². The van der Waals surface area contributed by atoms with Gasteiger partial charge in [-0.2, -0.15) is 0 Å². The Morgan fingerprint density at radius 1 is 1.00 bits per heavy atom. The molecule has 1 N–H and O–H groups in total. The van der Waals surface area contributed by atoms with Gasteiger partial charge in [0, 0.05) is 11.5 Å². The van der Waals surface area contributed by atoms with Gasteiger partial charge in [-0.3, -0.25) is 9.59 Å². The Kier molecular flexibility index (Phi) is 4.33. The normalized spacial score (nSPS) is 18.6. The van der Waals surface area contributed by atoms with Crippen LogP contribution >= 0.6 is 11.6 Å². The van der Waals surface area contributed by atoms with Crippen LogP contribution in [-0.2, 0) is 4.79 Å². The maximum absolute atomic E-state index is 12.9. The highest BCUT2D eigenvalue weighted by atomic mass is 35.5. The van der Waals surface area contributed by atoms with Crippen LogP contribution in [0.4, 0.5) is 0 Å². The summed E-state index contributed by atoms with van der Waals surface area (Å²) < 4.78 is 11.4. The van der Waals surface area contributed by atoms with Gasteiger partial charge in [0.15, 0.2) is 5.76 Å². The molecule has 0 saturated carbocycles. The van der Waals surface area contributed by atoms with Gasteiger partial charge >= 0.3 is 5.97 Å². The first-order valence-electron chi connectivity index (χ1n) is 9.36. The Balaban J connectivity index is 1.63. The Bertz CT molecular complexity index is 1230. The van der Waals surface area contributed by atoms with Crippen molar-refractivity contribution in [2.75, 3.05) is 0 Å². The summed E-state index contributed by atoms with van der Waals surface area (Å²) in [5, 5.41) is 9.94. The number of phenolic OH excluding ortho intramolecular Hbond substituents is 1. The van der Waals surface area contributed by atoms with Crippen molar-refractivity contribution < 1.29 is 24.2 Å². The van der Waals surface area contributed by atoms with E-state index in [1.54, 1.807) is 30.3 Å². The second-order valence-corrected chi connectivity index (χ2v) is 7.55. The number of hydrogen-bond acceptors (Lipinski definition) is 5. The molecule has 5 rings (SSSR count). The molecule has 0 aliphatic carbocycles. The average Bonchev–Trinajstić information content (AvgIpc) is 3.05. The number of carbonyl (C=O) groups excluding carboxylic acids is 2. The van der Waals surface area contributed by atoms with Crippen LogP contribution in [0.5, 0.6) is 17.2 Å². The molecule has 0 fully saturated rings. The van der Waals surface area contributed by atoms with E-state index in [1.165, 1.54) is 6.07 Å². The quantitative estimate of drug-likeness (QED) is 0.356. The second kappa shape index (κ2) is 7.04. The fourth-order valence-electron chi connectivity index (χ4n) is 3.83. The number of benzene rings is 3. The van der Waals surface area contributed by atoms with E-state index in [-0.39, 0.29) is 34.7 Å². The molecular weight excluding hydrogens is 404 g/mol. The molecule has 3 aromatic rings. The van der Waals surface area contributed by atoms with Crippen molar-refractivity contribution in [3.8, 4) is 17.2 Å². The largest absolute Gasteiger partial charge is 0.506 e. The third kappa shape index (κ3) is 3.04. The van der Waals surface area contributed by atoms with Gasteiger partial charge in [0.05, 0.1) is 17.0 Å². The number of ketones is 1. The van der Waals surface area contributed by atoms with Crippen molar-refractivity contribution in [3.05, 3.63) is 93.7 Å². The van der Waals surface area contributed by atoms with E-state index < -0.39 is 5.92 Å². The van der Waals surface area contributed by atoms with Gasteiger partial charge in [-0.05, 0) is 41.5 Å². The summed E-state index contributed by atoms with van der Waals surface area (Å²) in [6.45, 7) is 0. The fourth-order valence-corrected chi connectivity index (χ4v) is 4.02. The van der Waals surface area contributed by atoms with Crippen molar-refractivity contribution in [1.29, 1.82) is 0 Å². The van der Waals surface area contributed by atoms with Crippen LogP contribution in [0, 0.1) is 0 Å². The molecule has 148 valence electrons. The van der Waals surface area contributed by atoms with Crippen LogP contribution in [0.2, 0.25) is 5.02 Å². The lowest BCUT2D eigenvalue weighted by Crippen LogP contribution is -2.21. The number of halogens is 1. The van der Waals surface area contributed by atoms with E-state index in [0.717, 1.165) is 11.1 Å². The van der Waals surface area contributed by atoms with Crippen LogP contribution < -0.4 is 9.47 Å². The number of aromatic hydroxyl groups is 1. The van der Waals surface area contributed by atoms with E-state index in [2.05, 4.69) is 0 Å². The van der Waals surface area contributed by atoms with Crippen molar-refractivity contribution in [3.63, 3.8) is 0 Å². The number of rotatable bonds is 2. The molecule has 0 bridgehead atoms. The van der Waals surface area contributed by atoms with Gasteiger partial charge < -0.3 is 14.6 Å². The molecule has 30 heavy (non-hydrogen) atoms. The second-order valence-electron chi connectivity index (χ2n) is 7.15. The minimum absolute atomic E-state index is 0.0446. The zero-order valence-electron chi connectivity index (χ0n) is 15.6. The summed E-state index contributed by atoms with van der Waals surface area (Å²) >= 11 is 6.09. The number of ether oxygens (including phenoxy) is 2. The number of phenols is 1. The minimum Gasteiger partial charge on any atom is -0.506 e. The topological polar surface area (TPSA) is 72.8 Å². The van der Waals surface area contributed by atoms with E-state index in [9.17, 15) is 14.7 Å². The molecular formula is C24H15ClO5. The van der Waals surface area contributed by atoms with Crippen molar-refractivity contribution >= 4 is 29.4 Å². The summed E-state index contributed by atoms with van der Waals surface area (Å²) in [4.78, 5) is 25.1. The van der Waals surface area contributed by atoms with Crippen LogP contribution in [0.1, 0.15) is 39.4 Å².